The molecule has 4 nitrogen and oxygen atoms in total. The molecule has 1 atom stereocenters. The summed E-state index contributed by atoms with van der Waals surface area (Å²) in [5, 5.41) is 10.3. The number of benzene rings is 1. The minimum Gasteiger partial charge on any atom is -0.387 e. The highest BCUT2D eigenvalue weighted by Gasteiger charge is 2.21. The Kier molecular flexibility index (Phi) is 5.15. The highest BCUT2D eigenvalue weighted by molar-refractivity contribution is 5.75. The maximum atomic E-state index is 11.6. The zero-order valence-corrected chi connectivity index (χ0v) is 12.4. The quantitative estimate of drug-likeness (QED) is 0.908. The van der Waals surface area contributed by atoms with Crippen molar-refractivity contribution < 1.29 is 9.90 Å². The summed E-state index contributed by atoms with van der Waals surface area (Å²) in [7, 11) is 0. The number of nitrogens with zero attached hydrogens (tertiary/aromatic N) is 2. The van der Waals surface area contributed by atoms with Crippen molar-refractivity contribution in [3.8, 4) is 0 Å². The summed E-state index contributed by atoms with van der Waals surface area (Å²) in [5.41, 5.74) is 2.16. The molecule has 1 N–H and O–H groups in total. The monoisotopic (exact) mass is 276 g/mol. The molecule has 0 radical (unpaired) electrons. The van der Waals surface area contributed by atoms with Gasteiger partial charge < -0.3 is 10.0 Å². The third-order valence-electron chi connectivity index (χ3n) is 3.92. The highest BCUT2D eigenvalue weighted by Crippen LogP contribution is 2.16. The molecule has 1 unspecified atom stereocenters. The summed E-state index contributed by atoms with van der Waals surface area (Å²) < 4.78 is 0. The highest BCUT2D eigenvalue weighted by atomic mass is 16.3. The molecule has 0 saturated carbocycles. The van der Waals surface area contributed by atoms with Crippen LogP contribution in [0.1, 0.15) is 30.6 Å². The largest absolute Gasteiger partial charge is 0.387 e. The van der Waals surface area contributed by atoms with Crippen LogP contribution in [0.5, 0.6) is 0 Å². The van der Waals surface area contributed by atoms with Crippen molar-refractivity contribution in [3.63, 3.8) is 0 Å². The number of amides is 1. The molecule has 0 aromatic heterocycles. The number of hydrogen-bond acceptors (Lipinski definition) is 3. The van der Waals surface area contributed by atoms with Crippen LogP contribution in [0.2, 0.25) is 0 Å². The summed E-state index contributed by atoms with van der Waals surface area (Å²) in [6.07, 6.45) is 0.121. The number of rotatable bonds is 4. The molecule has 1 aromatic carbocycles. The molecule has 1 amide bonds. The van der Waals surface area contributed by atoms with Crippen molar-refractivity contribution in [2.75, 3.05) is 32.7 Å². The summed E-state index contributed by atoms with van der Waals surface area (Å²) in [6, 6.07) is 8.01. The third kappa shape index (κ3) is 3.81. The van der Waals surface area contributed by atoms with Gasteiger partial charge in [0, 0.05) is 39.1 Å². The molecule has 4 heteroatoms. The van der Waals surface area contributed by atoms with Crippen molar-refractivity contribution in [2.45, 2.75) is 26.4 Å². The topological polar surface area (TPSA) is 43.8 Å². The molecule has 1 saturated heterocycles. The lowest BCUT2D eigenvalue weighted by Crippen LogP contribution is -2.49. The first-order valence-electron chi connectivity index (χ1n) is 7.35. The van der Waals surface area contributed by atoms with Crippen molar-refractivity contribution in [1.29, 1.82) is 0 Å². The molecule has 110 valence electrons. The zero-order valence-electron chi connectivity index (χ0n) is 12.4. The number of piperazine rings is 1. The normalized spacial score (nSPS) is 18.1. The lowest BCUT2D eigenvalue weighted by molar-refractivity contribution is -0.132. The van der Waals surface area contributed by atoms with E-state index in [0.717, 1.165) is 31.7 Å². The Morgan fingerprint density at radius 1 is 1.20 bits per heavy atom. The van der Waals surface area contributed by atoms with Crippen molar-refractivity contribution in [3.05, 3.63) is 35.4 Å². The molecule has 1 aliphatic rings. The van der Waals surface area contributed by atoms with Gasteiger partial charge in [-0.25, -0.2) is 0 Å². The molecule has 0 bridgehead atoms. The van der Waals surface area contributed by atoms with Gasteiger partial charge in [0.2, 0.25) is 5.91 Å². The van der Waals surface area contributed by atoms with Gasteiger partial charge in [0.05, 0.1) is 6.10 Å². The van der Waals surface area contributed by atoms with Gasteiger partial charge in [0.15, 0.2) is 0 Å². The fourth-order valence-corrected chi connectivity index (χ4v) is 2.54. The summed E-state index contributed by atoms with van der Waals surface area (Å²) in [4.78, 5) is 15.7. The molecule has 1 aromatic rings. The van der Waals surface area contributed by atoms with Crippen LogP contribution in [0.25, 0.3) is 0 Å². The Labute approximate surface area is 121 Å². The molecule has 0 spiro atoms. The van der Waals surface area contributed by atoms with Gasteiger partial charge in [-0.1, -0.05) is 36.8 Å². The lowest BCUT2D eigenvalue weighted by atomic mass is 10.1. The first-order chi connectivity index (χ1) is 9.60. The third-order valence-corrected chi connectivity index (χ3v) is 3.92. The zero-order chi connectivity index (χ0) is 14.5. The Hall–Kier alpha value is -1.39. The van der Waals surface area contributed by atoms with Crippen LogP contribution in [-0.2, 0) is 4.79 Å². The number of aryl methyl sites for hydroxylation is 1. The Bertz CT molecular complexity index is 436. The number of β-amino-alcohol motifs (C(OH)–C–C–N with tert-alkyl or cyclic N) is 1. The van der Waals surface area contributed by atoms with E-state index < -0.39 is 6.10 Å². The number of hydrogen-bond donors (Lipinski definition) is 1. The fourth-order valence-electron chi connectivity index (χ4n) is 2.54. The summed E-state index contributed by atoms with van der Waals surface area (Å²) in [6.45, 7) is 7.80. The van der Waals surface area contributed by atoms with Crippen LogP contribution in [0, 0.1) is 6.92 Å². The van der Waals surface area contributed by atoms with Crippen molar-refractivity contribution in [2.24, 2.45) is 0 Å². The predicted octanol–water partition coefficient (Wildman–Crippen LogP) is 1.58. The van der Waals surface area contributed by atoms with Crippen LogP contribution in [-0.4, -0.2) is 53.5 Å². The Balaban J connectivity index is 1.83. The van der Waals surface area contributed by atoms with E-state index >= 15 is 0 Å². The van der Waals surface area contributed by atoms with Gasteiger partial charge >= 0.3 is 0 Å². The molecular weight excluding hydrogens is 252 g/mol. The van der Waals surface area contributed by atoms with Gasteiger partial charge in [-0.05, 0) is 12.5 Å². The fraction of sp³-hybridized carbons (Fsp3) is 0.562. The van der Waals surface area contributed by atoms with Gasteiger partial charge in [0.25, 0.3) is 0 Å². The maximum absolute atomic E-state index is 11.6. The summed E-state index contributed by atoms with van der Waals surface area (Å²) in [5.74, 6) is 0.226. The minimum atomic E-state index is -0.455. The predicted molar refractivity (Wildman–Crippen MR) is 79.4 cm³/mol. The van der Waals surface area contributed by atoms with E-state index in [4.69, 9.17) is 0 Å². The molecule has 2 rings (SSSR count). The maximum Gasteiger partial charge on any atom is 0.222 e. The second-order valence-electron chi connectivity index (χ2n) is 5.46. The smallest absolute Gasteiger partial charge is 0.222 e. The SMILES string of the molecule is CCC(=O)N1CCN(CC(O)c2ccc(C)cc2)CC1. The van der Waals surface area contributed by atoms with E-state index in [1.165, 1.54) is 5.56 Å². The number of carbonyl (C=O) groups is 1. The summed E-state index contributed by atoms with van der Waals surface area (Å²) >= 11 is 0. The van der Waals surface area contributed by atoms with E-state index in [1.807, 2.05) is 43.0 Å². The number of aliphatic hydroxyl groups excluding tert-OH is 1. The minimum absolute atomic E-state index is 0.226. The lowest BCUT2D eigenvalue weighted by Gasteiger charge is -2.35. The second-order valence-corrected chi connectivity index (χ2v) is 5.46. The molecule has 20 heavy (non-hydrogen) atoms. The molecule has 1 fully saturated rings. The van der Waals surface area contributed by atoms with Crippen LogP contribution < -0.4 is 0 Å². The van der Waals surface area contributed by atoms with Crippen molar-refractivity contribution in [1.82, 2.24) is 9.80 Å². The molecule has 0 aliphatic carbocycles. The first kappa shape index (κ1) is 15.0. The standard InChI is InChI=1S/C16H24N2O2/c1-3-16(20)18-10-8-17(9-11-18)12-15(19)14-6-4-13(2)5-7-14/h4-7,15,19H,3,8-12H2,1-2H3. The van der Waals surface area contributed by atoms with E-state index in [0.29, 0.717) is 13.0 Å². The van der Waals surface area contributed by atoms with E-state index in [-0.39, 0.29) is 5.91 Å². The van der Waals surface area contributed by atoms with Gasteiger partial charge in [-0.2, -0.15) is 0 Å². The van der Waals surface area contributed by atoms with Crippen LogP contribution in [0.4, 0.5) is 0 Å². The molecule has 1 heterocycles. The number of aliphatic hydroxyl groups is 1. The molecule has 1 aliphatic heterocycles. The average Bonchev–Trinajstić information content (AvgIpc) is 2.48. The van der Waals surface area contributed by atoms with Crippen molar-refractivity contribution >= 4 is 5.91 Å². The van der Waals surface area contributed by atoms with Crippen LogP contribution >= 0.6 is 0 Å². The van der Waals surface area contributed by atoms with E-state index in [1.54, 1.807) is 0 Å². The van der Waals surface area contributed by atoms with Gasteiger partial charge in [0.1, 0.15) is 0 Å². The number of carbonyl (C=O) groups excluding carboxylic acids is 1. The van der Waals surface area contributed by atoms with E-state index in [9.17, 15) is 9.90 Å². The Morgan fingerprint density at radius 3 is 2.35 bits per heavy atom. The second kappa shape index (κ2) is 6.86. The van der Waals surface area contributed by atoms with Gasteiger partial charge in [-0.3, -0.25) is 9.69 Å². The van der Waals surface area contributed by atoms with E-state index in [2.05, 4.69) is 4.90 Å². The average molecular weight is 276 g/mol. The van der Waals surface area contributed by atoms with Gasteiger partial charge in [-0.15, -0.1) is 0 Å². The molecular formula is C16H24N2O2. The Morgan fingerprint density at radius 2 is 1.80 bits per heavy atom. The van der Waals surface area contributed by atoms with Crippen LogP contribution in [0.3, 0.4) is 0 Å². The van der Waals surface area contributed by atoms with Crippen LogP contribution in [0.15, 0.2) is 24.3 Å². The first-order valence-corrected chi connectivity index (χ1v) is 7.35.